The largest absolute Gasteiger partial charge is 1.00 e. The Morgan fingerprint density at radius 2 is 1.53 bits per heavy atom. The molecule has 0 fully saturated rings. The Morgan fingerprint density at radius 3 is 2.05 bits per heavy atom. The second-order valence-electron chi connectivity index (χ2n) is 4.40. The van der Waals surface area contributed by atoms with Crippen LogP contribution < -0.4 is 18.9 Å². The van der Waals surface area contributed by atoms with Crippen LogP contribution in [0.25, 0.3) is 0 Å². The molecule has 0 aliphatic carbocycles. The SMILES string of the molecule is O=C(O)CC(Cc1ccccc1)c1ccccc1.[H-].[Li+]. The number of aliphatic carboxylic acids is 1. The first-order chi connectivity index (χ1) is 8.75. The summed E-state index contributed by atoms with van der Waals surface area (Å²) in [6.07, 6.45) is 0.927. The number of rotatable bonds is 5. The molecule has 0 spiro atoms. The molecule has 3 heteroatoms. The molecular weight excluding hydrogens is 231 g/mol. The van der Waals surface area contributed by atoms with Crippen molar-refractivity contribution < 1.29 is 30.2 Å². The van der Waals surface area contributed by atoms with E-state index < -0.39 is 5.97 Å². The van der Waals surface area contributed by atoms with Gasteiger partial charge in [-0.1, -0.05) is 60.7 Å². The molecule has 2 rings (SSSR count). The molecule has 2 nitrogen and oxygen atoms in total. The van der Waals surface area contributed by atoms with Gasteiger partial charge in [0.25, 0.3) is 0 Å². The van der Waals surface area contributed by atoms with Gasteiger partial charge >= 0.3 is 24.8 Å². The van der Waals surface area contributed by atoms with Crippen LogP contribution >= 0.6 is 0 Å². The zero-order chi connectivity index (χ0) is 12.8. The maximum absolute atomic E-state index is 11.0. The normalized spacial score (nSPS) is 11.4. The van der Waals surface area contributed by atoms with Gasteiger partial charge in [-0.25, -0.2) is 0 Å². The molecule has 0 saturated carbocycles. The van der Waals surface area contributed by atoms with Gasteiger partial charge in [-0.2, -0.15) is 0 Å². The van der Waals surface area contributed by atoms with Crippen molar-refractivity contribution in [3.8, 4) is 0 Å². The van der Waals surface area contributed by atoms with E-state index in [0.29, 0.717) is 0 Å². The molecule has 2 aromatic rings. The molecule has 0 aromatic heterocycles. The third-order valence-electron chi connectivity index (χ3n) is 3.02. The first-order valence-electron chi connectivity index (χ1n) is 6.06. The predicted octanol–water partition coefficient (Wildman–Crippen LogP) is 0.604. The van der Waals surface area contributed by atoms with Crippen molar-refractivity contribution in [2.75, 3.05) is 0 Å². The number of hydrogen-bond donors (Lipinski definition) is 1. The van der Waals surface area contributed by atoms with Crippen LogP contribution in [0.2, 0.25) is 0 Å². The second-order valence-corrected chi connectivity index (χ2v) is 4.40. The average molecular weight is 248 g/mol. The van der Waals surface area contributed by atoms with Crippen molar-refractivity contribution >= 4 is 5.97 Å². The van der Waals surface area contributed by atoms with E-state index in [2.05, 4.69) is 0 Å². The molecule has 19 heavy (non-hydrogen) atoms. The van der Waals surface area contributed by atoms with Crippen molar-refractivity contribution in [2.24, 2.45) is 0 Å². The van der Waals surface area contributed by atoms with Gasteiger partial charge < -0.3 is 6.53 Å². The molecule has 0 aliphatic rings. The first-order valence-corrected chi connectivity index (χ1v) is 6.06. The van der Waals surface area contributed by atoms with Crippen LogP contribution in [0.15, 0.2) is 60.7 Å². The Bertz CT molecular complexity index is 502. The van der Waals surface area contributed by atoms with Crippen LogP contribution in [0.5, 0.6) is 0 Å². The van der Waals surface area contributed by atoms with Gasteiger partial charge in [-0.15, -0.1) is 0 Å². The molecule has 0 heterocycles. The van der Waals surface area contributed by atoms with E-state index in [1.54, 1.807) is 0 Å². The number of carboxylic acids is 1. The smallest absolute Gasteiger partial charge is 1.00 e. The minimum atomic E-state index is -0.750. The summed E-state index contributed by atoms with van der Waals surface area (Å²) in [5, 5.41) is 9.02. The van der Waals surface area contributed by atoms with E-state index in [4.69, 9.17) is 5.11 Å². The molecule has 0 radical (unpaired) electrons. The topological polar surface area (TPSA) is 37.3 Å². The summed E-state index contributed by atoms with van der Waals surface area (Å²) in [6, 6.07) is 19.9. The summed E-state index contributed by atoms with van der Waals surface area (Å²) >= 11 is 0. The van der Waals surface area contributed by atoms with E-state index >= 15 is 0 Å². The van der Waals surface area contributed by atoms with Crippen molar-refractivity contribution in [3.05, 3.63) is 71.8 Å². The van der Waals surface area contributed by atoms with E-state index in [-0.39, 0.29) is 32.6 Å². The van der Waals surface area contributed by atoms with Crippen molar-refractivity contribution in [1.82, 2.24) is 0 Å². The fourth-order valence-electron chi connectivity index (χ4n) is 2.14. The van der Waals surface area contributed by atoms with Crippen LogP contribution in [0, 0.1) is 0 Å². The zero-order valence-corrected chi connectivity index (χ0v) is 11.1. The Morgan fingerprint density at radius 1 is 1.00 bits per heavy atom. The summed E-state index contributed by atoms with van der Waals surface area (Å²) in [7, 11) is 0. The van der Waals surface area contributed by atoms with Crippen molar-refractivity contribution in [1.29, 1.82) is 0 Å². The Labute approximate surface area is 127 Å². The second kappa shape index (κ2) is 7.84. The maximum Gasteiger partial charge on any atom is 1.00 e. The molecule has 1 N–H and O–H groups in total. The van der Waals surface area contributed by atoms with Crippen LogP contribution in [-0.2, 0) is 11.2 Å². The number of benzene rings is 2. The van der Waals surface area contributed by atoms with E-state index in [0.717, 1.165) is 12.0 Å². The monoisotopic (exact) mass is 248 g/mol. The van der Waals surface area contributed by atoms with Crippen LogP contribution in [0.1, 0.15) is 24.9 Å². The standard InChI is InChI=1S/C16H16O2.Li.H/c17-16(18)12-15(14-9-5-2-6-10-14)11-13-7-3-1-4-8-13;;/h1-10,15H,11-12H2,(H,17,18);;/q;+1;-1. The molecular formula is C16H17LiO2. The number of carbonyl (C=O) groups is 1. The third kappa shape index (κ3) is 4.94. The van der Waals surface area contributed by atoms with Crippen LogP contribution in [0.3, 0.4) is 0 Å². The third-order valence-corrected chi connectivity index (χ3v) is 3.02. The van der Waals surface area contributed by atoms with Crippen LogP contribution in [0.4, 0.5) is 0 Å². The van der Waals surface area contributed by atoms with Gasteiger partial charge in [0.2, 0.25) is 0 Å². The molecule has 1 atom stereocenters. The molecule has 2 aromatic carbocycles. The molecule has 0 aliphatic heterocycles. The van der Waals surface area contributed by atoms with Gasteiger partial charge in [-0.05, 0) is 23.5 Å². The fraction of sp³-hybridized carbons (Fsp3) is 0.188. The van der Waals surface area contributed by atoms with E-state index in [1.165, 1.54) is 5.56 Å². The van der Waals surface area contributed by atoms with Crippen molar-refractivity contribution in [2.45, 2.75) is 18.8 Å². The summed E-state index contributed by atoms with van der Waals surface area (Å²) in [4.78, 5) is 11.0. The number of carboxylic acid groups (broad SMARTS) is 1. The predicted molar refractivity (Wildman–Crippen MR) is 72.7 cm³/mol. The fourth-order valence-corrected chi connectivity index (χ4v) is 2.14. The summed E-state index contributed by atoms with van der Waals surface area (Å²) in [5.74, 6) is -0.717. The summed E-state index contributed by atoms with van der Waals surface area (Å²) in [6.45, 7) is 0. The number of hydrogen-bond acceptors (Lipinski definition) is 1. The zero-order valence-electron chi connectivity index (χ0n) is 12.1. The Kier molecular flexibility index (Phi) is 6.42. The molecule has 0 amide bonds. The summed E-state index contributed by atoms with van der Waals surface area (Å²) in [5.41, 5.74) is 2.26. The van der Waals surface area contributed by atoms with Crippen molar-refractivity contribution in [3.63, 3.8) is 0 Å². The van der Waals surface area contributed by atoms with Crippen LogP contribution in [-0.4, -0.2) is 11.1 Å². The minimum absolute atomic E-state index is 0. The van der Waals surface area contributed by atoms with Gasteiger partial charge in [-0.3, -0.25) is 4.79 Å². The average Bonchev–Trinajstić information content (AvgIpc) is 2.40. The first kappa shape index (κ1) is 15.6. The van der Waals surface area contributed by atoms with Gasteiger partial charge in [0.05, 0.1) is 6.42 Å². The maximum atomic E-state index is 11.0. The van der Waals surface area contributed by atoms with Gasteiger partial charge in [0, 0.05) is 0 Å². The van der Waals surface area contributed by atoms with Gasteiger partial charge in [0.15, 0.2) is 0 Å². The molecule has 0 bridgehead atoms. The van der Waals surface area contributed by atoms with E-state index in [1.807, 2.05) is 60.7 Å². The quantitative estimate of drug-likeness (QED) is 0.787. The molecule has 1 unspecified atom stereocenters. The molecule has 0 saturated heterocycles. The van der Waals surface area contributed by atoms with Gasteiger partial charge in [0.1, 0.15) is 0 Å². The summed E-state index contributed by atoms with van der Waals surface area (Å²) < 4.78 is 0. The molecule has 94 valence electrons. The Hall–Kier alpha value is -1.49. The van der Waals surface area contributed by atoms with E-state index in [9.17, 15) is 4.79 Å². The Balaban J connectivity index is 0.00000180. The minimum Gasteiger partial charge on any atom is -1.00 e.